The Morgan fingerprint density at radius 2 is 2.24 bits per heavy atom. The molecule has 0 radical (unpaired) electrons. The molecular formula is C19H26FN3O2. The highest BCUT2D eigenvalue weighted by atomic mass is 19.1. The van der Waals surface area contributed by atoms with Crippen molar-refractivity contribution in [3.63, 3.8) is 0 Å². The second-order valence-electron chi connectivity index (χ2n) is 6.92. The molecule has 6 heteroatoms. The minimum absolute atomic E-state index is 0.252. The Morgan fingerprint density at radius 1 is 1.40 bits per heavy atom. The van der Waals surface area contributed by atoms with Gasteiger partial charge in [-0.15, -0.1) is 0 Å². The molecule has 0 bridgehead atoms. The SMILES string of the molecule is Cc1ccc(-c2noc(CCCN3CCCCC3C(C)O)n2)cc1F. The number of piperidine rings is 1. The van der Waals surface area contributed by atoms with Crippen molar-refractivity contribution >= 4 is 0 Å². The lowest BCUT2D eigenvalue weighted by atomic mass is 9.98. The maximum atomic E-state index is 13.7. The molecule has 1 aliphatic rings. The second kappa shape index (κ2) is 8.06. The number of aliphatic hydroxyl groups excluding tert-OH is 1. The molecule has 25 heavy (non-hydrogen) atoms. The van der Waals surface area contributed by atoms with Crippen LogP contribution in [-0.4, -0.2) is 45.4 Å². The van der Waals surface area contributed by atoms with E-state index in [1.807, 2.05) is 6.92 Å². The van der Waals surface area contributed by atoms with Crippen LogP contribution in [0.1, 0.15) is 44.1 Å². The molecule has 1 N–H and O–H groups in total. The number of aromatic nitrogens is 2. The van der Waals surface area contributed by atoms with E-state index in [0.717, 1.165) is 25.9 Å². The first kappa shape index (κ1) is 18.0. The number of likely N-dealkylation sites (tertiary alicyclic amines) is 1. The number of aryl methyl sites for hydroxylation is 2. The zero-order valence-electron chi connectivity index (χ0n) is 14.9. The van der Waals surface area contributed by atoms with Gasteiger partial charge in [0.05, 0.1) is 6.10 Å². The van der Waals surface area contributed by atoms with Crippen LogP contribution >= 0.6 is 0 Å². The molecule has 5 nitrogen and oxygen atoms in total. The molecule has 2 unspecified atom stereocenters. The molecule has 1 fully saturated rings. The minimum Gasteiger partial charge on any atom is -0.392 e. The third kappa shape index (κ3) is 4.44. The molecule has 136 valence electrons. The van der Waals surface area contributed by atoms with Gasteiger partial charge in [0.15, 0.2) is 0 Å². The van der Waals surface area contributed by atoms with Crippen LogP contribution in [0.2, 0.25) is 0 Å². The predicted octanol–water partition coefficient (Wildman–Crippen LogP) is 3.35. The summed E-state index contributed by atoms with van der Waals surface area (Å²) in [6.07, 6.45) is 4.71. The van der Waals surface area contributed by atoms with E-state index in [4.69, 9.17) is 4.52 Å². The Labute approximate surface area is 147 Å². The minimum atomic E-state index is -0.299. The van der Waals surface area contributed by atoms with E-state index in [1.54, 1.807) is 19.1 Å². The number of halogens is 1. The number of benzene rings is 1. The number of aliphatic hydroxyl groups is 1. The van der Waals surface area contributed by atoms with Crippen molar-refractivity contribution in [2.75, 3.05) is 13.1 Å². The normalized spacial score (nSPS) is 19.9. The fourth-order valence-electron chi connectivity index (χ4n) is 3.48. The zero-order chi connectivity index (χ0) is 17.8. The molecular weight excluding hydrogens is 321 g/mol. The van der Waals surface area contributed by atoms with Crippen LogP contribution in [0.3, 0.4) is 0 Å². The Morgan fingerprint density at radius 3 is 3.00 bits per heavy atom. The van der Waals surface area contributed by atoms with Crippen molar-refractivity contribution in [3.8, 4) is 11.4 Å². The lowest BCUT2D eigenvalue weighted by Gasteiger charge is -2.37. The maximum Gasteiger partial charge on any atom is 0.227 e. The summed E-state index contributed by atoms with van der Waals surface area (Å²) in [5, 5.41) is 13.9. The molecule has 0 spiro atoms. The van der Waals surface area contributed by atoms with Gasteiger partial charge in [0.1, 0.15) is 5.82 Å². The van der Waals surface area contributed by atoms with Crippen molar-refractivity contribution in [3.05, 3.63) is 35.5 Å². The first-order valence-corrected chi connectivity index (χ1v) is 9.06. The van der Waals surface area contributed by atoms with Crippen molar-refractivity contribution in [2.45, 2.75) is 58.1 Å². The Kier molecular flexibility index (Phi) is 5.81. The molecule has 1 aromatic carbocycles. The third-order valence-corrected chi connectivity index (χ3v) is 4.96. The summed E-state index contributed by atoms with van der Waals surface area (Å²) in [4.78, 5) is 6.74. The van der Waals surface area contributed by atoms with E-state index in [9.17, 15) is 9.50 Å². The molecule has 2 heterocycles. The van der Waals surface area contributed by atoms with Gasteiger partial charge in [-0.25, -0.2) is 4.39 Å². The summed E-state index contributed by atoms with van der Waals surface area (Å²) >= 11 is 0. The van der Waals surface area contributed by atoms with Crippen LogP contribution in [0.15, 0.2) is 22.7 Å². The smallest absolute Gasteiger partial charge is 0.227 e. The molecule has 1 aliphatic heterocycles. The van der Waals surface area contributed by atoms with Gasteiger partial charge >= 0.3 is 0 Å². The monoisotopic (exact) mass is 347 g/mol. The summed E-state index contributed by atoms with van der Waals surface area (Å²) < 4.78 is 19.0. The van der Waals surface area contributed by atoms with Gasteiger partial charge in [0, 0.05) is 18.0 Å². The van der Waals surface area contributed by atoms with E-state index in [0.29, 0.717) is 29.3 Å². The highest BCUT2D eigenvalue weighted by Gasteiger charge is 2.25. The average Bonchev–Trinajstić information content (AvgIpc) is 3.06. The van der Waals surface area contributed by atoms with Crippen molar-refractivity contribution in [2.24, 2.45) is 0 Å². The maximum absolute atomic E-state index is 13.7. The van der Waals surface area contributed by atoms with Crippen LogP contribution in [0.25, 0.3) is 11.4 Å². The second-order valence-corrected chi connectivity index (χ2v) is 6.92. The number of nitrogens with zero attached hydrogens (tertiary/aromatic N) is 3. The van der Waals surface area contributed by atoms with Crippen LogP contribution in [0.4, 0.5) is 4.39 Å². The van der Waals surface area contributed by atoms with E-state index in [1.165, 1.54) is 18.9 Å². The molecule has 0 saturated carbocycles. The molecule has 2 aromatic rings. The largest absolute Gasteiger partial charge is 0.392 e. The van der Waals surface area contributed by atoms with Crippen LogP contribution in [0, 0.1) is 12.7 Å². The summed E-state index contributed by atoms with van der Waals surface area (Å²) in [5.41, 5.74) is 1.23. The van der Waals surface area contributed by atoms with Gasteiger partial charge in [-0.3, -0.25) is 4.90 Å². The summed E-state index contributed by atoms with van der Waals surface area (Å²) in [6, 6.07) is 5.20. The van der Waals surface area contributed by atoms with Crippen molar-refractivity contribution < 1.29 is 14.0 Å². The fraction of sp³-hybridized carbons (Fsp3) is 0.579. The molecule has 0 aliphatic carbocycles. The van der Waals surface area contributed by atoms with E-state index < -0.39 is 0 Å². The predicted molar refractivity (Wildman–Crippen MR) is 93.6 cm³/mol. The van der Waals surface area contributed by atoms with Crippen LogP contribution in [0.5, 0.6) is 0 Å². The highest BCUT2D eigenvalue weighted by Crippen LogP contribution is 2.21. The number of hydrogen-bond donors (Lipinski definition) is 1. The number of hydrogen-bond acceptors (Lipinski definition) is 5. The summed E-state index contributed by atoms with van der Waals surface area (Å²) in [7, 11) is 0. The fourth-order valence-corrected chi connectivity index (χ4v) is 3.48. The standard InChI is InChI=1S/C19H26FN3O2/c1-13-8-9-15(12-16(13)20)19-21-18(25-22-19)7-5-11-23-10-4-3-6-17(23)14(2)24/h8-9,12,14,17,24H,3-7,10-11H2,1-2H3. The van der Waals surface area contributed by atoms with Gasteiger partial charge in [-0.1, -0.05) is 23.7 Å². The number of rotatable bonds is 6. The summed E-state index contributed by atoms with van der Waals surface area (Å²) in [6.45, 7) is 5.54. The van der Waals surface area contributed by atoms with Crippen molar-refractivity contribution in [1.82, 2.24) is 15.0 Å². The molecule has 3 rings (SSSR count). The Bertz CT molecular complexity index is 702. The van der Waals surface area contributed by atoms with Gasteiger partial charge in [-0.2, -0.15) is 4.98 Å². The van der Waals surface area contributed by atoms with Crippen LogP contribution in [-0.2, 0) is 6.42 Å². The molecule has 1 saturated heterocycles. The summed E-state index contributed by atoms with van der Waals surface area (Å²) in [5.74, 6) is 0.730. The van der Waals surface area contributed by atoms with Crippen LogP contribution < -0.4 is 0 Å². The van der Waals surface area contributed by atoms with E-state index in [2.05, 4.69) is 15.0 Å². The van der Waals surface area contributed by atoms with Gasteiger partial charge in [-0.05, 0) is 57.8 Å². The topological polar surface area (TPSA) is 62.4 Å². The quantitative estimate of drug-likeness (QED) is 0.868. The highest BCUT2D eigenvalue weighted by molar-refractivity contribution is 5.54. The lowest BCUT2D eigenvalue weighted by Crippen LogP contribution is -2.46. The van der Waals surface area contributed by atoms with E-state index >= 15 is 0 Å². The molecule has 2 atom stereocenters. The van der Waals surface area contributed by atoms with E-state index in [-0.39, 0.29) is 18.0 Å². The van der Waals surface area contributed by atoms with Gasteiger partial charge in [0.2, 0.25) is 11.7 Å². The lowest BCUT2D eigenvalue weighted by molar-refractivity contribution is 0.0357. The Balaban J connectivity index is 1.55. The first-order valence-electron chi connectivity index (χ1n) is 9.06. The van der Waals surface area contributed by atoms with Gasteiger partial charge < -0.3 is 9.63 Å². The molecule has 0 amide bonds. The Hall–Kier alpha value is -1.79. The molecule has 1 aromatic heterocycles. The van der Waals surface area contributed by atoms with Gasteiger partial charge in [0.25, 0.3) is 0 Å². The first-order chi connectivity index (χ1) is 12.0. The zero-order valence-corrected chi connectivity index (χ0v) is 14.9. The average molecular weight is 347 g/mol. The third-order valence-electron chi connectivity index (χ3n) is 4.96. The van der Waals surface area contributed by atoms with Crippen molar-refractivity contribution in [1.29, 1.82) is 0 Å².